The number of aromatic nitrogens is 2. The Labute approximate surface area is 111 Å². The summed E-state index contributed by atoms with van der Waals surface area (Å²) in [6.45, 7) is 0. The lowest BCUT2D eigenvalue weighted by atomic mass is 9.80. The van der Waals surface area contributed by atoms with Crippen molar-refractivity contribution in [3.63, 3.8) is 0 Å². The Bertz CT molecular complexity index is 610. The Morgan fingerprint density at radius 1 is 1.21 bits per heavy atom. The van der Waals surface area contributed by atoms with E-state index in [1.165, 1.54) is 12.8 Å². The first kappa shape index (κ1) is 11.4. The summed E-state index contributed by atoms with van der Waals surface area (Å²) < 4.78 is 4.72. The van der Waals surface area contributed by atoms with Crippen molar-refractivity contribution in [2.75, 3.05) is 7.05 Å². The maximum atomic E-state index is 11.0. The molecule has 5 heteroatoms. The van der Waals surface area contributed by atoms with Gasteiger partial charge in [0.1, 0.15) is 11.0 Å². The van der Waals surface area contributed by atoms with E-state index in [1.54, 1.807) is 0 Å². The maximum absolute atomic E-state index is 11.0. The van der Waals surface area contributed by atoms with Crippen molar-refractivity contribution >= 4 is 11.0 Å². The predicted octanol–water partition coefficient (Wildman–Crippen LogP) is 1.67. The van der Waals surface area contributed by atoms with Gasteiger partial charge >= 0.3 is 0 Å². The van der Waals surface area contributed by atoms with Gasteiger partial charge in [-0.1, -0.05) is 6.07 Å². The smallest absolute Gasteiger partial charge is 0.135 e. The average molecular weight is 259 g/mol. The van der Waals surface area contributed by atoms with E-state index in [0.29, 0.717) is 12.1 Å². The monoisotopic (exact) mass is 259 g/mol. The molecule has 0 amide bonds. The third-order valence-electron chi connectivity index (χ3n) is 4.92. The molecule has 1 aromatic carbocycles. The average Bonchev–Trinajstić information content (AvgIpc) is 2.94. The number of hydrogen-bond donors (Lipinski definition) is 1. The second-order valence-electron chi connectivity index (χ2n) is 5.96. The fourth-order valence-corrected chi connectivity index (χ4v) is 3.75. The lowest BCUT2D eigenvalue weighted by Crippen LogP contribution is -2.47. The van der Waals surface area contributed by atoms with Gasteiger partial charge in [0.2, 0.25) is 0 Å². The molecule has 19 heavy (non-hydrogen) atoms. The van der Waals surface area contributed by atoms with Gasteiger partial charge in [-0.25, -0.2) is 4.63 Å². The number of hydrogen-bond acceptors (Lipinski definition) is 5. The van der Waals surface area contributed by atoms with Gasteiger partial charge < -0.3 is 10.0 Å². The molecule has 0 aliphatic carbocycles. The Morgan fingerprint density at radius 2 is 1.89 bits per heavy atom. The highest BCUT2D eigenvalue weighted by Crippen LogP contribution is 2.45. The van der Waals surface area contributed by atoms with Gasteiger partial charge in [0.15, 0.2) is 0 Å². The van der Waals surface area contributed by atoms with Crippen molar-refractivity contribution in [1.29, 1.82) is 0 Å². The standard InChI is InChI=1S/C14H17N3O2/c1-17-10-3-4-11(17)8-14(18,7-10)9-2-5-12-13(6-9)16-19-15-12/h2,5-6,10-11,18H,3-4,7-8H2,1H3. The van der Waals surface area contributed by atoms with Crippen LogP contribution in [0.2, 0.25) is 0 Å². The second kappa shape index (κ2) is 3.77. The van der Waals surface area contributed by atoms with E-state index in [2.05, 4.69) is 22.3 Å². The summed E-state index contributed by atoms with van der Waals surface area (Å²) >= 11 is 0. The maximum Gasteiger partial charge on any atom is 0.135 e. The van der Waals surface area contributed by atoms with Crippen LogP contribution in [0.4, 0.5) is 0 Å². The molecule has 2 aliphatic heterocycles. The molecule has 2 aromatic rings. The summed E-state index contributed by atoms with van der Waals surface area (Å²) in [5.41, 5.74) is 1.67. The van der Waals surface area contributed by atoms with Crippen LogP contribution in [0.15, 0.2) is 22.8 Å². The van der Waals surface area contributed by atoms with E-state index in [9.17, 15) is 5.11 Å². The number of piperidine rings is 1. The molecule has 2 fully saturated rings. The van der Waals surface area contributed by atoms with Crippen molar-refractivity contribution in [1.82, 2.24) is 15.2 Å². The van der Waals surface area contributed by atoms with Crippen molar-refractivity contribution in [3.05, 3.63) is 23.8 Å². The van der Waals surface area contributed by atoms with Gasteiger partial charge in [0, 0.05) is 12.1 Å². The predicted molar refractivity (Wildman–Crippen MR) is 69.5 cm³/mol. The van der Waals surface area contributed by atoms with Gasteiger partial charge in [-0.15, -0.1) is 0 Å². The molecular formula is C14H17N3O2. The van der Waals surface area contributed by atoms with Crippen LogP contribution < -0.4 is 0 Å². The van der Waals surface area contributed by atoms with Crippen LogP contribution in [-0.2, 0) is 5.60 Å². The van der Waals surface area contributed by atoms with Crippen molar-refractivity contribution in [2.45, 2.75) is 43.4 Å². The highest BCUT2D eigenvalue weighted by molar-refractivity contribution is 5.74. The van der Waals surface area contributed by atoms with Crippen LogP contribution >= 0.6 is 0 Å². The molecule has 0 saturated carbocycles. The minimum Gasteiger partial charge on any atom is -0.385 e. The summed E-state index contributed by atoms with van der Waals surface area (Å²) in [6, 6.07) is 6.73. The van der Waals surface area contributed by atoms with Crippen LogP contribution in [0, 0.1) is 0 Å². The highest BCUT2D eigenvalue weighted by Gasteiger charge is 2.46. The third kappa shape index (κ3) is 1.61. The molecule has 1 aromatic heterocycles. The zero-order chi connectivity index (χ0) is 13.0. The number of nitrogens with zero attached hydrogens (tertiary/aromatic N) is 3. The van der Waals surface area contributed by atoms with E-state index >= 15 is 0 Å². The van der Waals surface area contributed by atoms with Crippen molar-refractivity contribution < 1.29 is 9.74 Å². The first-order chi connectivity index (χ1) is 9.16. The Kier molecular flexibility index (Phi) is 2.26. The van der Waals surface area contributed by atoms with Crippen LogP contribution in [0.25, 0.3) is 11.0 Å². The fourth-order valence-electron chi connectivity index (χ4n) is 3.75. The van der Waals surface area contributed by atoms with E-state index in [4.69, 9.17) is 4.63 Å². The fraction of sp³-hybridized carbons (Fsp3) is 0.571. The summed E-state index contributed by atoms with van der Waals surface area (Å²) in [4.78, 5) is 2.42. The Morgan fingerprint density at radius 3 is 2.63 bits per heavy atom. The first-order valence-electron chi connectivity index (χ1n) is 6.83. The molecular weight excluding hydrogens is 242 g/mol. The van der Waals surface area contributed by atoms with Gasteiger partial charge in [-0.3, -0.25) is 0 Å². The Balaban J connectivity index is 1.74. The van der Waals surface area contributed by atoms with Crippen LogP contribution in [0.5, 0.6) is 0 Å². The summed E-state index contributed by atoms with van der Waals surface area (Å²) in [5, 5.41) is 18.7. The topological polar surface area (TPSA) is 62.4 Å². The number of fused-ring (bicyclic) bond motifs is 3. The molecule has 3 heterocycles. The SMILES string of the molecule is CN1C2CCC1CC(O)(c1ccc3nonc3c1)C2. The molecule has 0 radical (unpaired) electrons. The minimum atomic E-state index is -0.731. The summed E-state index contributed by atoms with van der Waals surface area (Å²) in [5.74, 6) is 0. The van der Waals surface area contributed by atoms with Crippen LogP contribution in [0.1, 0.15) is 31.2 Å². The van der Waals surface area contributed by atoms with E-state index < -0.39 is 5.60 Å². The van der Waals surface area contributed by atoms with Crippen LogP contribution in [0.3, 0.4) is 0 Å². The highest BCUT2D eigenvalue weighted by atomic mass is 16.6. The van der Waals surface area contributed by atoms with E-state index in [0.717, 1.165) is 29.4 Å². The first-order valence-corrected chi connectivity index (χ1v) is 6.83. The zero-order valence-corrected chi connectivity index (χ0v) is 10.9. The van der Waals surface area contributed by atoms with Gasteiger partial charge in [0.25, 0.3) is 0 Å². The Hall–Kier alpha value is -1.46. The largest absolute Gasteiger partial charge is 0.385 e. The molecule has 2 bridgehead atoms. The van der Waals surface area contributed by atoms with E-state index in [1.807, 2.05) is 18.2 Å². The number of aliphatic hydroxyl groups is 1. The lowest BCUT2D eigenvalue weighted by molar-refractivity contribution is -0.0492. The molecule has 4 rings (SSSR count). The van der Waals surface area contributed by atoms with Crippen LogP contribution in [-0.4, -0.2) is 39.5 Å². The molecule has 1 N–H and O–H groups in total. The molecule has 2 unspecified atom stereocenters. The number of rotatable bonds is 1. The quantitative estimate of drug-likeness (QED) is 0.844. The van der Waals surface area contributed by atoms with Crippen molar-refractivity contribution in [2.24, 2.45) is 0 Å². The summed E-state index contributed by atoms with van der Waals surface area (Å²) in [7, 11) is 2.17. The van der Waals surface area contributed by atoms with Crippen molar-refractivity contribution in [3.8, 4) is 0 Å². The lowest BCUT2D eigenvalue weighted by Gasteiger charge is -2.42. The van der Waals surface area contributed by atoms with E-state index in [-0.39, 0.29) is 0 Å². The molecule has 100 valence electrons. The minimum absolute atomic E-state index is 0.495. The normalized spacial score (nSPS) is 35.1. The number of benzene rings is 1. The summed E-state index contributed by atoms with van der Waals surface area (Å²) in [6.07, 6.45) is 3.99. The zero-order valence-electron chi connectivity index (χ0n) is 10.9. The van der Waals surface area contributed by atoms with Gasteiger partial charge in [0.05, 0.1) is 5.60 Å². The second-order valence-corrected chi connectivity index (χ2v) is 5.96. The third-order valence-corrected chi connectivity index (χ3v) is 4.92. The molecule has 2 aliphatic rings. The van der Waals surface area contributed by atoms with Gasteiger partial charge in [-0.2, -0.15) is 0 Å². The van der Waals surface area contributed by atoms with Gasteiger partial charge in [-0.05, 0) is 60.7 Å². The molecule has 2 saturated heterocycles. The molecule has 2 atom stereocenters. The molecule has 0 spiro atoms. The molecule has 5 nitrogen and oxygen atoms in total.